The Balaban J connectivity index is 1.85. The number of nitrogens with zero attached hydrogens (tertiary/aromatic N) is 3. The van der Waals surface area contributed by atoms with Gasteiger partial charge in [0.15, 0.2) is 0 Å². The maximum absolute atomic E-state index is 13.2. The number of ether oxygens (including phenoxy) is 1. The third kappa shape index (κ3) is 3.77. The number of amides is 1. The molecule has 0 unspecified atom stereocenters. The lowest BCUT2D eigenvalue weighted by molar-refractivity contribution is -0.121. The fourth-order valence-electron chi connectivity index (χ4n) is 2.82. The van der Waals surface area contributed by atoms with Gasteiger partial charge in [-0.25, -0.2) is 4.39 Å². The molecule has 0 spiro atoms. The Morgan fingerprint density at radius 3 is 2.70 bits per heavy atom. The van der Waals surface area contributed by atoms with E-state index in [1.807, 2.05) is 0 Å². The van der Waals surface area contributed by atoms with Crippen LogP contribution in [0.3, 0.4) is 0 Å². The molecule has 1 aromatic carbocycles. The number of pyridine rings is 1. The van der Waals surface area contributed by atoms with Gasteiger partial charge in [0, 0.05) is 12.7 Å². The van der Waals surface area contributed by atoms with Gasteiger partial charge in [0.1, 0.15) is 27.1 Å². The lowest BCUT2D eigenvalue weighted by atomic mass is 10.2. The number of hydrogen-bond acceptors (Lipinski definition) is 6. The summed E-state index contributed by atoms with van der Waals surface area (Å²) in [5.74, 6) is -0.431. The van der Waals surface area contributed by atoms with E-state index in [9.17, 15) is 14.0 Å². The van der Waals surface area contributed by atoms with Crippen molar-refractivity contribution in [2.24, 2.45) is 0 Å². The van der Waals surface area contributed by atoms with Gasteiger partial charge in [0.05, 0.1) is 4.91 Å². The highest BCUT2D eigenvalue weighted by atomic mass is 32.2. The second-order valence-electron chi connectivity index (χ2n) is 6.20. The Hall–Kier alpha value is -3.30. The zero-order valence-electron chi connectivity index (χ0n) is 15.4. The van der Waals surface area contributed by atoms with E-state index in [0.717, 1.165) is 11.8 Å². The lowest BCUT2D eigenvalue weighted by Crippen LogP contribution is -2.28. The van der Waals surface area contributed by atoms with E-state index in [4.69, 9.17) is 17.0 Å². The predicted octanol–water partition coefficient (Wildman–Crippen LogP) is 4.01. The molecule has 1 amide bonds. The summed E-state index contributed by atoms with van der Waals surface area (Å²) in [5.41, 5.74) is 0.0461. The first-order valence-corrected chi connectivity index (χ1v) is 10.0. The topological polar surface area (TPSA) is 63.9 Å². The Morgan fingerprint density at radius 1 is 1.20 bits per heavy atom. The Kier molecular flexibility index (Phi) is 5.47. The Labute approximate surface area is 180 Å². The Bertz CT molecular complexity index is 1270. The highest BCUT2D eigenvalue weighted by Gasteiger charge is 2.32. The van der Waals surface area contributed by atoms with Crippen LogP contribution in [0.5, 0.6) is 11.6 Å². The van der Waals surface area contributed by atoms with Crippen LogP contribution in [0.1, 0.15) is 5.56 Å². The minimum atomic E-state index is -0.417. The molecule has 1 saturated heterocycles. The van der Waals surface area contributed by atoms with Crippen molar-refractivity contribution in [3.63, 3.8) is 0 Å². The molecular weight excluding hydrogens is 425 g/mol. The summed E-state index contributed by atoms with van der Waals surface area (Å²) >= 11 is 6.34. The molecule has 2 aromatic heterocycles. The predicted molar refractivity (Wildman–Crippen MR) is 118 cm³/mol. The maximum atomic E-state index is 13.2. The summed E-state index contributed by atoms with van der Waals surface area (Å²) in [7, 11) is 0. The summed E-state index contributed by atoms with van der Waals surface area (Å²) in [4.78, 5) is 31.9. The van der Waals surface area contributed by atoms with Crippen LogP contribution in [0.25, 0.3) is 11.7 Å². The number of carbonyl (C=O) groups is 1. The van der Waals surface area contributed by atoms with Gasteiger partial charge in [-0.05, 0) is 42.5 Å². The van der Waals surface area contributed by atoms with Crippen molar-refractivity contribution in [1.82, 2.24) is 14.3 Å². The minimum absolute atomic E-state index is 0.00629. The van der Waals surface area contributed by atoms with Crippen LogP contribution in [0.4, 0.5) is 4.39 Å². The zero-order chi connectivity index (χ0) is 21.3. The van der Waals surface area contributed by atoms with Gasteiger partial charge in [0.2, 0.25) is 5.88 Å². The van der Waals surface area contributed by atoms with Crippen LogP contribution in [0.2, 0.25) is 0 Å². The molecule has 0 aliphatic carbocycles. The third-order valence-corrected chi connectivity index (χ3v) is 5.60. The second-order valence-corrected chi connectivity index (χ2v) is 7.88. The van der Waals surface area contributed by atoms with E-state index in [1.54, 1.807) is 30.5 Å². The first kappa shape index (κ1) is 20.0. The molecule has 0 saturated carbocycles. The monoisotopic (exact) mass is 439 g/mol. The van der Waals surface area contributed by atoms with E-state index in [-0.39, 0.29) is 28.8 Å². The number of rotatable bonds is 5. The number of thiocarbonyl (C=S) groups is 1. The molecule has 4 rings (SSSR count). The first-order valence-electron chi connectivity index (χ1n) is 8.79. The third-order valence-electron chi connectivity index (χ3n) is 4.22. The van der Waals surface area contributed by atoms with E-state index in [1.165, 1.54) is 39.6 Å². The van der Waals surface area contributed by atoms with Crippen molar-refractivity contribution in [1.29, 1.82) is 0 Å². The van der Waals surface area contributed by atoms with E-state index in [2.05, 4.69) is 11.6 Å². The molecule has 0 bridgehead atoms. The Morgan fingerprint density at radius 2 is 1.97 bits per heavy atom. The van der Waals surface area contributed by atoms with Crippen molar-refractivity contribution >= 4 is 45.9 Å². The van der Waals surface area contributed by atoms with E-state index < -0.39 is 11.4 Å². The van der Waals surface area contributed by atoms with Crippen LogP contribution in [0, 0.1) is 5.82 Å². The van der Waals surface area contributed by atoms with Crippen LogP contribution in [-0.2, 0) is 4.79 Å². The molecule has 0 radical (unpaired) electrons. The minimum Gasteiger partial charge on any atom is -0.438 e. The smallest absolute Gasteiger partial charge is 0.269 e. The van der Waals surface area contributed by atoms with Crippen LogP contribution in [-0.4, -0.2) is 31.1 Å². The quantitative estimate of drug-likeness (QED) is 0.340. The van der Waals surface area contributed by atoms with Gasteiger partial charge in [-0.2, -0.15) is 4.98 Å². The number of thioether (sulfide) groups is 1. The summed E-state index contributed by atoms with van der Waals surface area (Å²) in [6.45, 7) is 3.90. The molecule has 1 fully saturated rings. The average molecular weight is 439 g/mol. The SMILES string of the molecule is C=CCN1C(=O)C(=Cc2c(Oc3ccc(F)cc3)nc3ccccn3c2=O)SC1=S. The molecule has 1 aliphatic rings. The van der Waals surface area contributed by atoms with Gasteiger partial charge in [-0.15, -0.1) is 6.58 Å². The molecule has 6 nitrogen and oxygen atoms in total. The second kappa shape index (κ2) is 8.21. The molecule has 0 atom stereocenters. The number of halogens is 1. The van der Waals surface area contributed by atoms with Crippen molar-refractivity contribution in [2.75, 3.05) is 6.54 Å². The van der Waals surface area contributed by atoms with Gasteiger partial charge >= 0.3 is 0 Å². The molecule has 150 valence electrons. The van der Waals surface area contributed by atoms with Crippen molar-refractivity contribution in [3.05, 3.63) is 88.0 Å². The molecular formula is C21H14FN3O3S2. The standard InChI is InChI=1S/C21H14FN3O3S2/c1-2-10-25-20(27)16(30-21(25)29)12-15-18(28-14-8-6-13(22)7-9-14)23-17-5-3-4-11-24(17)19(15)26/h2-9,11-12H,1,10H2. The summed E-state index contributed by atoms with van der Waals surface area (Å²) in [6.07, 6.45) is 4.58. The van der Waals surface area contributed by atoms with Crippen LogP contribution < -0.4 is 10.3 Å². The largest absolute Gasteiger partial charge is 0.438 e. The molecule has 1 aliphatic heterocycles. The zero-order valence-corrected chi connectivity index (χ0v) is 17.1. The van der Waals surface area contributed by atoms with Crippen molar-refractivity contribution < 1.29 is 13.9 Å². The number of hydrogen-bond donors (Lipinski definition) is 0. The molecule has 9 heteroatoms. The first-order chi connectivity index (χ1) is 14.5. The van der Waals surface area contributed by atoms with Gasteiger partial charge in [-0.1, -0.05) is 36.1 Å². The molecule has 30 heavy (non-hydrogen) atoms. The number of aromatic nitrogens is 2. The summed E-state index contributed by atoms with van der Waals surface area (Å²) < 4.78 is 20.7. The van der Waals surface area contributed by atoms with E-state index in [0.29, 0.717) is 15.7 Å². The number of carbonyl (C=O) groups excluding carboxylic acids is 1. The fraction of sp³-hybridized carbons (Fsp3) is 0.0476. The normalized spacial score (nSPS) is 15.2. The number of benzene rings is 1. The molecule has 3 heterocycles. The maximum Gasteiger partial charge on any atom is 0.269 e. The van der Waals surface area contributed by atoms with E-state index >= 15 is 0 Å². The fourth-order valence-corrected chi connectivity index (χ4v) is 4.07. The van der Waals surface area contributed by atoms with Crippen LogP contribution in [0.15, 0.2) is 71.0 Å². The van der Waals surface area contributed by atoms with Crippen LogP contribution >= 0.6 is 24.0 Å². The van der Waals surface area contributed by atoms with Gasteiger partial charge in [-0.3, -0.25) is 18.9 Å². The molecule has 3 aromatic rings. The summed E-state index contributed by atoms with van der Waals surface area (Å²) in [6, 6.07) is 10.4. The van der Waals surface area contributed by atoms with Crippen molar-refractivity contribution in [2.45, 2.75) is 0 Å². The molecule has 0 N–H and O–H groups in total. The highest BCUT2D eigenvalue weighted by Crippen LogP contribution is 2.34. The summed E-state index contributed by atoms with van der Waals surface area (Å²) in [5, 5.41) is 0. The van der Waals surface area contributed by atoms with Gasteiger partial charge < -0.3 is 4.74 Å². The number of fused-ring (bicyclic) bond motifs is 1. The average Bonchev–Trinajstić information content (AvgIpc) is 3.00. The van der Waals surface area contributed by atoms with Crippen molar-refractivity contribution in [3.8, 4) is 11.6 Å². The highest BCUT2D eigenvalue weighted by molar-refractivity contribution is 8.26. The lowest BCUT2D eigenvalue weighted by Gasteiger charge is -2.11. The van der Waals surface area contributed by atoms with Gasteiger partial charge in [0.25, 0.3) is 11.5 Å².